The first kappa shape index (κ1) is 19.8. The van der Waals surface area contributed by atoms with E-state index < -0.39 is 5.54 Å². The Morgan fingerprint density at radius 2 is 2.04 bits per heavy atom. The van der Waals surface area contributed by atoms with Crippen molar-refractivity contribution in [2.24, 2.45) is 5.73 Å². The number of hydrogen-bond acceptors (Lipinski definition) is 5. The smallest absolute Gasteiger partial charge is 0.246 e. The summed E-state index contributed by atoms with van der Waals surface area (Å²) in [5, 5.41) is 3.47. The molecule has 0 atom stereocenters. The third kappa shape index (κ3) is 4.79. The highest BCUT2D eigenvalue weighted by Gasteiger charge is 2.36. The highest BCUT2D eigenvalue weighted by molar-refractivity contribution is 7.15. The molecule has 1 saturated heterocycles. The molecule has 1 amide bonds. The quantitative estimate of drug-likeness (QED) is 0.852. The molecule has 0 bridgehead atoms. The fourth-order valence-electron chi connectivity index (χ4n) is 2.75. The average Bonchev–Trinajstić information content (AvgIpc) is 2.99. The van der Waals surface area contributed by atoms with Crippen molar-refractivity contribution >= 4 is 34.8 Å². The van der Waals surface area contributed by atoms with Crippen molar-refractivity contribution in [3.05, 3.63) is 46.0 Å². The molecule has 5 nitrogen and oxygen atoms in total. The Balaban J connectivity index is 0.00000225. The third-order valence-corrected chi connectivity index (χ3v) is 5.47. The third-order valence-electron chi connectivity index (χ3n) is 4.56. The zero-order valence-electron chi connectivity index (χ0n) is 14.5. The minimum atomic E-state index is -0.849. The fraction of sp³-hybridized carbons (Fsp3) is 0.444. The van der Waals surface area contributed by atoms with Crippen LogP contribution in [0.5, 0.6) is 0 Å². The average molecular weight is 382 g/mol. The number of carbonyl (C=O) groups excluding carboxylic acids is 1. The fourth-order valence-corrected chi connectivity index (χ4v) is 3.59. The first-order valence-corrected chi connectivity index (χ1v) is 8.97. The highest BCUT2D eigenvalue weighted by atomic mass is 35.5. The van der Waals surface area contributed by atoms with Crippen LogP contribution in [0.25, 0.3) is 0 Å². The lowest BCUT2D eigenvalue weighted by Crippen LogP contribution is -2.54. The van der Waals surface area contributed by atoms with Gasteiger partial charge in [0.25, 0.3) is 0 Å². The SMILES string of the molecule is Cc1ccc(Cc2cnc(NC(=O)C3(N)CCOCC3)s2)cc1C.Cl. The number of amides is 1. The van der Waals surface area contributed by atoms with Gasteiger partial charge in [-0.15, -0.1) is 23.7 Å². The first-order chi connectivity index (χ1) is 11.5. The molecule has 1 aliphatic rings. The maximum absolute atomic E-state index is 12.4. The summed E-state index contributed by atoms with van der Waals surface area (Å²) in [6, 6.07) is 6.47. The number of benzene rings is 1. The number of thiazole rings is 1. The maximum atomic E-state index is 12.4. The second-order valence-electron chi connectivity index (χ2n) is 6.45. The van der Waals surface area contributed by atoms with Crippen molar-refractivity contribution in [1.29, 1.82) is 0 Å². The van der Waals surface area contributed by atoms with Crippen LogP contribution in [0.2, 0.25) is 0 Å². The van der Waals surface area contributed by atoms with E-state index in [0.717, 1.165) is 11.3 Å². The van der Waals surface area contributed by atoms with Crippen molar-refractivity contribution in [3.63, 3.8) is 0 Å². The molecular weight excluding hydrogens is 358 g/mol. The summed E-state index contributed by atoms with van der Waals surface area (Å²) in [7, 11) is 0. The lowest BCUT2D eigenvalue weighted by molar-refractivity contribution is -0.124. The van der Waals surface area contributed by atoms with Crippen molar-refractivity contribution in [1.82, 2.24) is 4.98 Å². The Hall–Kier alpha value is -1.47. The molecular formula is C18H24ClN3O2S. The van der Waals surface area contributed by atoms with Crippen LogP contribution in [-0.4, -0.2) is 29.6 Å². The Labute approximate surface area is 158 Å². The minimum absolute atomic E-state index is 0. The second-order valence-corrected chi connectivity index (χ2v) is 7.56. The normalized spacial score (nSPS) is 16.1. The van der Waals surface area contributed by atoms with Gasteiger partial charge in [-0.1, -0.05) is 18.2 Å². The molecule has 0 radical (unpaired) electrons. The van der Waals surface area contributed by atoms with Gasteiger partial charge in [0.05, 0.1) is 0 Å². The molecule has 0 aliphatic carbocycles. The number of rotatable bonds is 4. The summed E-state index contributed by atoms with van der Waals surface area (Å²) in [6.45, 7) is 5.28. The lowest BCUT2D eigenvalue weighted by atomic mass is 9.90. The molecule has 136 valence electrons. The molecule has 2 heterocycles. The van der Waals surface area contributed by atoms with E-state index in [4.69, 9.17) is 10.5 Å². The maximum Gasteiger partial charge on any atom is 0.246 e. The number of ether oxygens (including phenoxy) is 1. The Morgan fingerprint density at radius 1 is 1.32 bits per heavy atom. The number of halogens is 1. The Bertz CT molecular complexity index is 742. The van der Waals surface area contributed by atoms with E-state index in [9.17, 15) is 4.79 Å². The van der Waals surface area contributed by atoms with Crippen LogP contribution in [-0.2, 0) is 16.0 Å². The number of aromatic nitrogens is 1. The highest BCUT2D eigenvalue weighted by Crippen LogP contribution is 2.25. The molecule has 2 aromatic rings. The summed E-state index contributed by atoms with van der Waals surface area (Å²) in [5.74, 6) is -0.169. The number of carbonyl (C=O) groups is 1. The molecule has 0 unspecified atom stereocenters. The van der Waals surface area contributed by atoms with E-state index in [0.29, 0.717) is 31.2 Å². The number of anilines is 1. The van der Waals surface area contributed by atoms with Crippen LogP contribution in [0.15, 0.2) is 24.4 Å². The van der Waals surface area contributed by atoms with Crippen LogP contribution in [0.3, 0.4) is 0 Å². The van der Waals surface area contributed by atoms with Crippen molar-refractivity contribution < 1.29 is 9.53 Å². The van der Waals surface area contributed by atoms with Gasteiger partial charge in [0, 0.05) is 30.7 Å². The van der Waals surface area contributed by atoms with Crippen molar-refractivity contribution in [2.75, 3.05) is 18.5 Å². The topological polar surface area (TPSA) is 77.2 Å². The van der Waals surface area contributed by atoms with E-state index in [1.807, 2.05) is 6.20 Å². The molecule has 1 aromatic heterocycles. The van der Waals surface area contributed by atoms with Gasteiger partial charge in [0.15, 0.2) is 5.13 Å². The number of aryl methyl sites for hydroxylation is 2. The lowest BCUT2D eigenvalue weighted by Gasteiger charge is -2.31. The molecule has 1 aromatic carbocycles. The first-order valence-electron chi connectivity index (χ1n) is 8.15. The van der Waals surface area contributed by atoms with Gasteiger partial charge in [-0.2, -0.15) is 0 Å². The zero-order chi connectivity index (χ0) is 17.2. The zero-order valence-corrected chi connectivity index (χ0v) is 16.1. The van der Waals surface area contributed by atoms with Gasteiger partial charge in [-0.3, -0.25) is 4.79 Å². The van der Waals surface area contributed by atoms with E-state index in [-0.39, 0.29) is 18.3 Å². The van der Waals surface area contributed by atoms with Gasteiger partial charge in [0.2, 0.25) is 5.91 Å². The molecule has 1 aliphatic heterocycles. The van der Waals surface area contributed by atoms with Crippen LogP contribution in [0.1, 0.15) is 34.4 Å². The molecule has 1 fully saturated rings. The van der Waals surface area contributed by atoms with Crippen molar-refractivity contribution in [2.45, 2.75) is 38.6 Å². The summed E-state index contributed by atoms with van der Waals surface area (Å²) in [4.78, 5) is 17.8. The minimum Gasteiger partial charge on any atom is -0.381 e. The van der Waals surface area contributed by atoms with E-state index in [1.54, 1.807) is 0 Å². The second kappa shape index (κ2) is 8.27. The van der Waals surface area contributed by atoms with Gasteiger partial charge >= 0.3 is 0 Å². The van der Waals surface area contributed by atoms with Gasteiger partial charge < -0.3 is 15.8 Å². The van der Waals surface area contributed by atoms with Crippen LogP contribution in [0.4, 0.5) is 5.13 Å². The van der Waals surface area contributed by atoms with Crippen molar-refractivity contribution in [3.8, 4) is 0 Å². The van der Waals surface area contributed by atoms with Gasteiger partial charge in [-0.25, -0.2) is 4.98 Å². The summed E-state index contributed by atoms with van der Waals surface area (Å²) in [5.41, 5.74) is 9.18. The van der Waals surface area contributed by atoms with E-state index in [2.05, 4.69) is 42.3 Å². The number of hydrogen-bond donors (Lipinski definition) is 2. The number of nitrogens with one attached hydrogen (secondary N) is 1. The number of nitrogens with two attached hydrogens (primary N) is 1. The molecule has 0 spiro atoms. The molecule has 0 saturated carbocycles. The van der Waals surface area contributed by atoms with E-state index >= 15 is 0 Å². The van der Waals surface area contributed by atoms with Gasteiger partial charge in [-0.05, 0) is 43.4 Å². The summed E-state index contributed by atoms with van der Waals surface area (Å²) in [6.07, 6.45) is 3.72. The van der Waals surface area contributed by atoms with Crippen LogP contribution in [0, 0.1) is 13.8 Å². The summed E-state index contributed by atoms with van der Waals surface area (Å²) < 4.78 is 5.28. The molecule has 25 heavy (non-hydrogen) atoms. The molecule has 3 N–H and O–H groups in total. The van der Waals surface area contributed by atoms with Crippen LogP contribution >= 0.6 is 23.7 Å². The summed E-state index contributed by atoms with van der Waals surface area (Å²) >= 11 is 1.50. The largest absolute Gasteiger partial charge is 0.381 e. The predicted molar refractivity (Wildman–Crippen MR) is 104 cm³/mol. The number of nitrogens with zero attached hydrogens (tertiary/aromatic N) is 1. The monoisotopic (exact) mass is 381 g/mol. The predicted octanol–water partition coefficient (Wildman–Crippen LogP) is 3.22. The molecule has 3 rings (SSSR count). The van der Waals surface area contributed by atoms with Gasteiger partial charge in [0.1, 0.15) is 5.54 Å². The molecule has 7 heteroatoms. The standard InChI is InChI=1S/C18H23N3O2S.ClH/c1-12-3-4-14(9-13(12)2)10-15-11-20-17(24-15)21-16(22)18(19)5-7-23-8-6-18;/h3-4,9,11H,5-8,10,19H2,1-2H3,(H,20,21,22);1H. The Morgan fingerprint density at radius 3 is 2.72 bits per heavy atom. The van der Waals surface area contributed by atoms with E-state index in [1.165, 1.54) is 28.0 Å². The van der Waals surface area contributed by atoms with Crippen LogP contribution < -0.4 is 11.1 Å². The Kier molecular flexibility index (Phi) is 6.57.